The molecule has 1 fully saturated rings. The van der Waals surface area contributed by atoms with E-state index in [0.29, 0.717) is 18.7 Å². The Balaban J connectivity index is 1.63. The van der Waals surface area contributed by atoms with E-state index in [1.54, 1.807) is 18.0 Å². The van der Waals surface area contributed by atoms with Crippen LogP contribution in [0.1, 0.15) is 58.8 Å². The van der Waals surface area contributed by atoms with Crippen LogP contribution in [0.25, 0.3) is 11.4 Å². The molecule has 0 saturated carbocycles. The van der Waals surface area contributed by atoms with Gasteiger partial charge in [-0.3, -0.25) is 9.89 Å². The second kappa shape index (κ2) is 7.83. The Bertz CT molecular complexity index is 1230. The van der Waals surface area contributed by atoms with Crippen LogP contribution in [0, 0.1) is 12.8 Å². The third kappa shape index (κ3) is 3.58. The summed E-state index contributed by atoms with van der Waals surface area (Å²) in [7, 11) is 0. The van der Waals surface area contributed by atoms with Crippen molar-refractivity contribution in [3.63, 3.8) is 0 Å². The minimum Gasteiger partial charge on any atom is -0.326 e. The van der Waals surface area contributed by atoms with Crippen LogP contribution in [0.4, 0.5) is 13.2 Å². The lowest BCUT2D eigenvalue weighted by molar-refractivity contribution is -0.137. The quantitative estimate of drug-likeness (QED) is 0.539. The number of aromatic nitrogens is 4. The second-order valence-corrected chi connectivity index (χ2v) is 9.05. The maximum absolute atomic E-state index is 13.7. The van der Waals surface area contributed by atoms with E-state index >= 15 is 0 Å². The number of amides is 1. The highest BCUT2D eigenvalue weighted by molar-refractivity contribution is 6.34. The molecule has 2 aliphatic rings. The van der Waals surface area contributed by atoms with Gasteiger partial charge in [-0.15, -0.1) is 0 Å². The van der Waals surface area contributed by atoms with Gasteiger partial charge in [0.05, 0.1) is 39.3 Å². The van der Waals surface area contributed by atoms with Crippen molar-refractivity contribution in [3.05, 3.63) is 63.7 Å². The summed E-state index contributed by atoms with van der Waals surface area (Å²) in [6.45, 7) is 3.85. The van der Waals surface area contributed by atoms with Crippen LogP contribution in [0.5, 0.6) is 0 Å². The van der Waals surface area contributed by atoms with Crippen LogP contribution in [0.15, 0.2) is 30.5 Å². The van der Waals surface area contributed by atoms with Gasteiger partial charge in [0.25, 0.3) is 5.91 Å². The van der Waals surface area contributed by atoms with E-state index in [1.807, 2.05) is 6.07 Å². The topological polar surface area (TPSA) is 74.8 Å². The lowest BCUT2D eigenvalue weighted by Gasteiger charge is -2.49. The molecule has 10 heteroatoms. The Hall–Kier alpha value is -2.94. The van der Waals surface area contributed by atoms with E-state index in [4.69, 9.17) is 11.6 Å². The Morgan fingerprint density at radius 2 is 2.00 bits per heavy atom. The number of fused-ring (bicyclic) bond motifs is 4. The van der Waals surface area contributed by atoms with Crippen LogP contribution in [0.2, 0.25) is 5.02 Å². The third-order valence-corrected chi connectivity index (χ3v) is 7.06. The molecule has 172 valence electrons. The van der Waals surface area contributed by atoms with Crippen LogP contribution in [-0.4, -0.2) is 37.0 Å². The minimum absolute atomic E-state index is 0.140. The van der Waals surface area contributed by atoms with E-state index in [-0.39, 0.29) is 23.6 Å². The van der Waals surface area contributed by atoms with Crippen molar-refractivity contribution in [3.8, 4) is 11.4 Å². The van der Waals surface area contributed by atoms with Gasteiger partial charge in [0, 0.05) is 17.8 Å². The number of H-pyrrole nitrogens is 1. The molecule has 1 aromatic carbocycles. The largest absolute Gasteiger partial charge is 0.417 e. The summed E-state index contributed by atoms with van der Waals surface area (Å²) in [6.07, 6.45) is -0.946. The Morgan fingerprint density at radius 3 is 2.70 bits per heavy atom. The van der Waals surface area contributed by atoms with E-state index in [2.05, 4.69) is 27.1 Å². The number of aryl methyl sites for hydroxylation is 1. The molecule has 1 saturated heterocycles. The molecule has 0 radical (unpaired) electrons. The smallest absolute Gasteiger partial charge is 0.326 e. The van der Waals surface area contributed by atoms with Crippen molar-refractivity contribution in [1.82, 2.24) is 25.1 Å². The summed E-state index contributed by atoms with van der Waals surface area (Å²) in [5.74, 6) is 0.205. The van der Waals surface area contributed by atoms with Crippen molar-refractivity contribution in [1.29, 1.82) is 0 Å². The highest BCUT2D eigenvalue weighted by atomic mass is 35.5. The maximum Gasteiger partial charge on any atom is 0.417 e. The van der Waals surface area contributed by atoms with Gasteiger partial charge in [0.15, 0.2) is 0 Å². The molecule has 33 heavy (non-hydrogen) atoms. The average molecular weight is 476 g/mol. The van der Waals surface area contributed by atoms with Crippen molar-refractivity contribution in [2.24, 2.45) is 5.92 Å². The fourth-order valence-electron chi connectivity index (χ4n) is 5.09. The number of rotatable bonds is 2. The van der Waals surface area contributed by atoms with Crippen LogP contribution >= 0.6 is 11.6 Å². The number of hydrogen-bond donors (Lipinski definition) is 1. The highest BCUT2D eigenvalue weighted by Gasteiger charge is 2.46. The Morgan fingerprint density at radius 1 is 1.21 bits per heavy atom. The molecule has 0 aliphatic carbocycles. The average Bonchev–Trinajstić information content (AvgIpc) is 3.29. The molecule has 5 rings (SSSR count). The summed E-state index contributed by atoms with van der Waals surface area (Å²) in [4.78, 5) is 24.7. The standard InChI is InChI=1S/C23H21ClF3N5O/c1-11-6-7-17-21-14(20(29-12(2)30-21)16-8-9-28-31-16)10-18(11)32(17)22(33)13-4-3-5-15(19(13)24)23(25,26)27/h3-5,8-9,11,17-18H,6-7,10H2,1-2H3,(H,28,31)/t11?,17-,18-/m0/s1. The number of nitrogens with zero attached hydrogens (tertiary/aromatic N) is 4. The molecule has 6 nitrogen and oxygen atoms in total. The fraction of sp³-hybridized carbons (Fsp3) is 0.391. The van der Waals surface area contributed by atoms with Crippen molar-refractivity contribution in [2.45, 2.75) is 51.4 Å². The number of nitrogens with one attached hydrogen (secondary N) is 1. The molecule has 1 unspecified atom stereocenters. The molecule has 2 aromatic heterocycles. The first-order chi connectivity index (χ1) is 15.7. The Kier molecular flexibility index (Phi) is 5.19. The number of alkyl halides is 3. The molecule has 3 atom stereocenters. The number of halogens is 4. The Labute approximate surface area is 193 Å². The molecule has 1 amide bonds. The minimum atomic E-state index is -4.64. The summed E-state index contributed by atoms with van der Waals surface area (Å²) in [5, 5.41) is 6.41. The zero-order valence-corrected chi connectivity index (χ0v) is 18.7. The van der Waals surface area contributed by atoms with Gasteiger partial charge in [0.2, 0.25) is 0 Å². The predicted molar refractivity (Wildman–Crippen MR) is 116 cm³/mol. The monoisotopic (exact) mass is 475 g/mol. The van der Waals surface area contributed by atoms with Gasteiger partial charge in [-0.05, 0) is 50.3 Å². The lowest BCUT2D eigenvalue weighted by atomic mass is 9.76. The SMILES string of the molecule is Cc1nc(-c2ccn[nH]2)c2c(n1)[C@@H]1CCC(C)[C@H](C2)N1C(=O)c1cccc(C(F)(F)F)c1Cl. The number of piperidine rings is 1. The van der Waals surface area contributed by atoms with Gasteiger partial charge in [-0.1, -0.05) is 24.6 Å². The summed E-state index contributed by atoms with van der Waals surface area (Å²) in [6, 6.07) is 4.74. The summed E-state index contributed by atoms with van der Waals surface area (Å²) in [5.41, 5.74) is 2.06. The molecular weight excluding hydrogens is 455 g/mol. The molecule has 2 aliphatic heterocycles. The first kappa shape index (κ1) is 21.9. The number of aromatic amines is 1. The second-order valence-electron chi connectivity index (χ2n) is 8.67. The molecule has 4 heterocycles. The number of hydrogen-bond acceptors (Lipinski definition) is 4. The normalized spacial score (nSPS) is 22.2. The highest BCUT2D eigenvalue weighted by Crippen LogP contribution is 2.47. The van der Waals surface area contributed by atoms with Gasteiger partial charge in [0.1, 0.15) is 5.82 Å². The van der Waals surface area contributed by atoms with Crippen molar-refractivity contribution in [2.75, 3.05) is 0 Å². The van der Waals surface area contributed by atoms with Gasteiger partial charge >= 0.3 is 6.18 Å². The zero-order valence-electron chi connectivity index (χ0n) is 17.9. The molecular formula is C23H21ClF3N5O. The van der Waals surface area contributed by atoms with E-state index in [9.17, 15) is 18.0 Å². The summed E-state index contributed by atoms with van der Waals surface area (Å²) >= 11 is 6.11. The van der Waals surface area contributed by atoms with E-state index in [0.717, 1.165) is 35.1 Å². The molecule has 0 spiro atoms. The zero-order chi connectivity index (χ0) is 23.5. The first-order valence-corrected chi connectivity index (χ1v) is 11.1. The van der Waals surface area contributed by atoms with Crippen molar-refractivity contribution >= 4 is 17.5 Å². The van der Waals surface area contributed by atoms with E-state index in [1.165, 1.54) is 12.1 Å². The number of benzene rings is 1. The molecule has 1 N–H and O–H groups in total. The van der Waals surface area contributed by atoms with Crippen LogP contribution in [-0.2, 0) is 12.6 Å². The van der Waals surface area contributed by atoms with Gasteiger partial charge in [-0.2, -0.15) is 18.3 Å². The third-order valence-electron chi connectivity index (χ3n) is 6.65. The maximum atomic E-state index is 13.7. The summed E-state index contributed by atoms with van der Waals surface area (Å²) < 4.78 is 40.2. The van der Waals surface area contributed by atoms with Crippen molar-refractivity contribution < 1.29 is 18.0 Å². The van der Waals surface area contributed by atoms with Crippen LogP contribution in [0.3, 0.4) is 0 Å². The molecule has 3 aromatic rings. The number of carbonyl (C=O) groups excluding carboxylic acids is 1. The lowest BCUT2D eigenvalue weighted by Crippen LogP contribution is -2.53. The van der Waals surface area contributed by atoms with Crippen LogP contribution < -0.4 is 0 Å². The fourth-order valence-corrected chi connectivity index (χ4v) is 5.40. The predicted octanol–water partition coefficient (Wildman–Crippen LogP) is 5.39. The van der Waals surface area contributed by atoms with E-state index < -0.39 is 22.7 Å². The van der Waals surface area contributed by atoms with Gasteiger partial charge in [-0.25, -0.2) is 9.97 Å². The number of carbonyl (C=O) groups is 1. The molecule has 2 bridgehead atoms. The first-order valence-electron chi connectivity index (χ1n) is 10.7. The van der Waals surface area contributed by atoms with Gasteiger partial charge < -0.3 is 4.90 Å².